The third kappa shape index (κ3) is 5.56. The number of hydrogen-bond acceptors (Lipinski definition) is 6. The minimum absolute atomic E-state index is 0.207. The van der Waals surface area contributed by atoms with Crippen LogP contribution in [0.15, 0.2) is 102 Å². The zero-order valence-electron chi connectivity index (χ0n) is 20.7. The van der Waals surface area contributed by atoms with Gasteiger partial charge >= 0.3 is 0 Å². The van der Waals surface area contributed by atoms with E-state index >= 15 is 0 Å². The van der Waals surface area contributed by atoms with Crippen LogP contribution in [0.5, 0.6) is 5.75 Å². The average molecular weight is 542 g/mol. The molecule has 0 unspecified atom stereocenters. The van der Waals surface area contributed by atoms with Gasteiger partial charge in [-0.1, -0.05) is 59.8 Å². The molecule has 1 N–H and O–H groups in total. The third-order valence-electron chi connectivity index (χ3n) is 5.83. The van der Waals surface area contributed by atoms with Gasteiger partial charge in [-0.15, -0.1) is 10.2 Å². The molecule has 9 heteroatoms. The van der Waals surface area contributed by atoms with E-state index in [0.29, 0.717) is 27.4 Å². The summed E-state index contributed by atoms with van der Waals surface area (Å²) in [6, 6.07) is 26.4. The second-order valence-electron chi connectivity index (χ2n) is 8.46. The Balaban J connectivity index is 1.57. The number of halogens is 1. The highest BCUT2D eigenvalue weighted by Gasteiger charge is 2.27. The molecule has 0 saturated carbocycles. The van der Waals surface area contributed by atoms with Crippen LogP contribution < -0.4 is 10.1 Å². The summed E-state index contributed by atoms with van der Waals surface area (Å²) in [5.74, 6) is 1.01. The van der Waals surface area contributed by atoms with E-state index in [4.69, 9.17) is 16.3 Å². The Labute approximate surface area is 229 Å². The summed E-state index contributed by atoms with van der Waals surface area (Å²) < 4.78 is 7.40. The summed E-state index contributed by atoms with van der Waals surface area (Å²) in [4.78, 5) is 17.9. The normalized spacial score (nSPS) is 11.7. The Bertz CT molecular complexity index is 1540. The SMILES string of the molecule is COc1ccc(C)cc1NC(=O)[C@@H](Sc1nnc(-c2ccncc2)n1-c1ccc(Cl)cc1)c1ccccc1. The number of benzene rings is 3. The Morgan fingerprint density at radius 1 is 0.974 bits per heavy atom. The van der Waals surface area contributed by atoms with Gasteiger partial charge in [-0.3, -0.25) is 14.3 Å². The van der Waals surface area contributed by atoms with Gasteiger partial charge in [0.2, 0.25) is 5.91 Å². The van der Waals surface area contributed by atoms with E-state index in [2.05, 4.69) is 20.5 Å². The number of thioether (sulfide) groups is 1. The first kappa shape index (κ1) is 25.5. The zero-order valence-corrected chi connectivity index (χ0v) is 22.3. The molecule has 2 aromatic heterocycles. The predicted molar refractivity (Wildman–Crippen MR) is 151 cm³/mol. The van der Waals surface area contributed by atoms with Crippen molar-refractivity contribution >= 4 is 35.0 Å². The molecule has 1 atom stereocenters. The lowest BCUT2D eigenvalue weighted by Gasteiger charge is -2.19. The summed E-state index contributed by atoms with van der Waals surface area (Å²) in [5, 5.41) is 12.6. The molecule has 3 aromatic carbocycles. The van der Waals surface area contributed by atoms with Crippen LogP contribution in [0, 0.1) is 6.92 Å². The summed E-state index contributed by atoms with van der Waals surface area (Å²) >= 11 is 7.49. The van der Waals surface area contributed by atoms with Crippen molar-refractivity contribution in [3.8, 4) is 22.8 Å². The van der Waals surface area contributed by atoms with E-state index in [1.807, 2.05) is 96.4 Å². The predicted octanol–water partition coefficient (Wildman–Crippen LogP) is 6.77. The van der Waals surface area contributed by atoms with Crippen molar-refractivity contribution in [2.24, 2.45) is 0 Å². The largest absolute Gasteiger partial charge is 0.495 e. The number of nitrogens with one attached hydrogen (secondary N) is 1. The molecular formula is C29H24ClN5O2S. The number of methoxy groups -OCH3 is 1. The fourth-order valence-electron chi connectivity index (χ4n) is 3.98. The number of pyridine rings is 1. The molecule has 0 aliphatic carbocycles. The lowest BCUT2D eigenvalue weighted by atomic mass is 10.1. The molecule has 38 heavy (non-hydrogen) atoms. The minimum Gasteiger partial charge on any atom is -0.495 e. The number of rotatable bonds is 8. The van der Waals surface area contributed by atoms with Gasteiger partial charge < -0.3 is 10.1 Å². The van der Waals surface area contributed by atoms with E-state index in [1.165, 1.54) is 11.8 Å². The lowest BCUT2D eigenvalue weighted by Crippen LogP contribution is -2.20. The zero-order chi connectivity index (χ0) is 26.5. The lowest BCUT2D eigenvalue weighted by molar-refractivity contribution is -0.115. The van der Waals surface area contributed by atoms with Crippen LogP contribution in [0.4, 0.5) is 5.69 Å². The first-order chi connectivity index (χ1) is 18.5. The summed E-state index contributed by atoms with van der Waals surface area (Å²) in [6.07, 6.45) is 3.41. The summed E-state index contributed by atoms with van der Waals surface area (Å²) in [5.41, 5.74) is 4.11. The smallest absolute Gasteiger partial charge is 0.242 e. The second-order valence-corrected chi connectivity index (χ2v) is 9.96. The van der Waals surface area contributed by atoms with Gasteiger partial charge in [0.1, 0.15) is 11.0 Å². The Morgan fingerprint density at radius 3 is 2.42 bits per heavy atom. The maximum atomic E-state index is 13.8. The number of nitrogens with zero attached hydrogens (tertiary/aromatic N) is 4. The Kier molecular flexibility index (Phi) is 7.72. The standard InChI is InChI=1S/C29H24ClN5O2S/c1-19-8-13-25(37-2)24(18-19)32-28(36)26(20-6-4-3-5-7-20)38-29-34-33-27(21-14-16-31-17-15-21)35(29)23-11-9-22(30)10-12-23/h3-18,26H,1-2H3,(H,32,36)/t26-/m0/s1. The molecule has 1 amide bonds. The molecule has 5 rings (SSSR count). The van der Waals surface area contributed by atoms with Crippen molar-refractivity contribution in [3.05, 3.63) is 113 Å². The van der Waals surface area contributed by atoms with Crippen molar-refractivity contribution in [1.29, 1.82) is 0 Å². The van der Waals surface area contributed by atoms with E-state index in [0.717, 1.165) is 22.4 Å². The number of anilines is 1. The van der Waals surface area contributed by atoms with Crippen molar-refractivity contribution in [3.63, 3.8) is 0 Å². The van der Waals surface area contributed by atoms with Gasteiger partial charge in [0.15, 0.2) is 11.0 Å². The number of carbonyl (C=O) groups is 1. The number of ether oxygens (including phenoxy) is 1. The first-order valence-corrected chi connectivity index (χ1v) is 13.1. The van der Waals surface area contributed by atoms with Crippen LogP contribution in [0.25, 0.3) is 17.1 Å². The molecule has 0 aliphatic rings. The Morgan fingerprint density at radius 2 is 1.71 bits per heavy atom. The minimum atomic E-state index is -0.623. The van der Waals surface area contributed by atoms with Crippen LogP contribution in [0.3, 0.4) is 0 Å². The fraction of sp³-hybridized carbons (Fsp3) is 0.103. The van der Waals surface area contributed by atoms with Crippen molar-refractivity contribution in [1.82, 2.24) is 19.7 Å². The fourth-order valence-corrected chi connectivity index (χ4v) is 5.16. The van der Waals surface area contributed by atoms with Gasteiger partial charge in [-0.25, -0.2) is 0 Å². The monoisotopic (exact) mass is 541 g/mol. The van der Waals surface area contributed by atoms with Gasteiger partial charge in [-0.2, -0.15) is 0 Å². The molecule has 7 nitrogen and oxygen atoms in total. The van der Waals surface area contributed by atoms with Gasteiger partial charge in [-0.05, 0) is 66.6 Å². The maximum Gasteiger partial charge on any atom is 0.242 e. The number of aromatic nitrogens is 4. The second kappa shape index (κ2) is 11.5. The molecule has 0 fully saturated rings. The summed E-state index contributed by atoms with van der Waals surface area (Å²) in [6.45, 7) is 1.97. The van der Waals surface area contributed by atoms with Crippen LogP contribution in [-0.4, -0.2) is 32.8 Å². The van der Waals surface area contributed by atoms with Crippen LogP contribution in [0.2, 0.25) is 5.02 Å². The van der Waals surface area contributed by atoms with Crippen molar-refractivity contribution in [2.45, 2.75) is 17.3 Å². The van der Waals surface area contributed by atoms with E-state index in [1.54, 1.807) is 19.5 Å². The highest BCUT2D eigenvalue weighted by atomic mass is 35.5. The topological polar surface area (TPSA) is 81.9 Å². The summed E-state index contributed by atoms with van der Waals surface area (Å²) in [7, 11) is 1.58. The molecule has 190 valence electrons. The number of aryl methyl sites for hydroxylation is 1. The molecule has 5 aromatic rings. The van der Waals surface area contributed by atoms with Crippen molar-refractivity contribution < 1.29 is 9.53 Å². The molecule has 0 saturated heterocycles. The molecular weight excluding hydrogens is 518 g/mol. The van der Waals surface area contributed by atoms with Crippen LogP contribution in [0.1, 0.15) is 16.4 Å². The Hall–Kier alpha value is -4.14. The quantitative estimate of drug-likeness (QED) is 0.218. The molecule has 0 bridgehead atoms. The molecule has 0 spiro atoms. The molecule has 2 heterocycles. The number of hydrogen-bond donors (Lipinski definition) is 1. The third-order valence-corrected chi connectivity index (χ3v) is 7.28. The van der Waals surface area contributed by atoms with E-state index in [9.17, 15) is 4.79 Å². The highest BCUT2D eigenvalue weighted by molar-refractivity contribution is 8.00. The number of carbonyl (C=O) groups excluding carboxylic acids is 1. The van der Waals surface area contributed by atoms with E-state index < -0.39 is 5.25 Å². The van der Waals surface area contributed by atoms with Gasteiger partial charge in [0.05, 0.1) is 12.8 Å². The molecule has 0 aliphatic heterocycles. The first-order valence-electron chi connectivity index (χ1n) is 11.8. The van der Waals surface area contributed by atoms with Gasteiger partial charge in [0.25, 0.3) is 0 Å². The maximum absolute atomic E-state index is 13.8. The average Bonchev–Trinajstić information content (AvgIpc) is 3.37. The van der Waals surface area contributed by atoms with Crippen LogP contribution >= 0.6 is 23.4 Å². The van der Waals surface area contributed by atoms with Crippen LogP contribution in [-0.2, 0) is 4.79 Å². The number of amides is 1. The molecule has 0 radical (unpaired) electrons. The van der Waals surface area contributed by atoms with Crippen molar-refractivity contribution in [2.75, 3.05) is 12.4 Å². The van der Waals surface area contributed by atoms with Gasteiger partial charge in [0, 0.05) is 28.7 Å². The highest BCUT2D eigenvalue weighted by Crippen LogP contribution is 2.39. The van der Waals surface area contributed by atoms with E-state index in [-0.39, 0.29) is 5.91 Å².